The highest BCUT2D eigenvalue weighted by atomic mass is 35.5. The molecule has 1 fully saturated rings. The van der Waals surface area contributed by atoms with Gasteiger partial charge in [-0.05, 0) is 37.5 Å². The number of piperidine rings is 1. The van der Waals surface area contributed by atoms with E-state index in [1.165, 1.54) is 4.90 Å². The maximum absolute atomic E-state index is 12.5. The van der Waals surface area contributed by atoms with Crippen molar-refractivity contribution < 1.29 is 14.3 Å². The first-order valence-electron chi connectivity index (χ1n) is 8.61. The van der Waals surface area contributed by atoms with Gasteiger partial charge in [-0.2, -0.15) is 0 Å². The Labute approximate surface area is 154 Å². The van der Waals surface area contributed by atoms with E-state index in [1.807, 2.05) is 0 Å². The SMILES string of the molecule is CCCO[C@@H]1CCCN(C(=O)Nc2ccc(Cl)c(C(=O)N(C)C)c2)C1. The molecule has 0 aliphatic carbocycles. The Morgan fingerprint density at radius 1 is 1.40 bits per heavy atom. The number of hydrogen-bond donors (Lipinski definition) is 1. The number of likely N-dealkylation sites (tertiary alicyclic amines) is 1. The van der Waals surface area contributed by atoms with Gasteiger partial charge >= 0.3 is 6.03 Å². The molecule has 0 saturated carbocycles. The molecule has 1 aromatic carbocycles. The molecular formula is C18H26ClN3O3. The molecule has 0 spiro atoms. The number of carbonyl (C=O) groups is 2. The number of hydrogen-bond acceptors (Lipinski definition) is 3. The summed E-state index contributed by atoms with van der Waals surface area (Å²) in [7, 11) is 3.32. The number of benzene rings is 1. The Kier molecular flexibility index (Phi) is 7.08. The Morgan fingerprint density at radius 2 is 2.16 bits per heavy atom. The van der Waals surface area contributed by atoms with Gasteiger partial charge in [-0.1, -0.05) is 18.5 Å². The molecule has 138 valence electrons. The van der Waals surface area contributed by atoms with Crippen LogP contribution in [-0.2, 0) is 4.74 Å². The van der Waals surface area contributed by atoms with Crippen molar-refractivity contribution in [2.45, 2.75) is 32.3 Å². The first-order chi connectivity index (χ1) is 11.9. The molecule has 2 rings (SSSR count). The molecule has 7 heteroatoms. The molecule has 1 aliphatic heterocycles. The minimum atomic E-state index is -0.202. The van der Waals surface area contributed by atoms with Crippen molar-refractivity contribution >= 4 is 29.2 Å². The summed E-state index contributed by atoms with van der Waals surface area (Å²) in [6.45, 7) is 4.07. The van der Waals surface area contributed by atoms with Crippen LogP contribution in [0.3, 0.4) is 0 Å². The van der Waals surface area contributed by atoms with Gasteiger partial charge in [0.2, 0.25) is 0 Å². The van der Waals surface area contributed by atoms with Crippen LogP contribution in [0.1, 0.15) is 36.5 Å². The second-order valence-electron chi connectivity index (χ2n) is 6.41. The highest BCUT2D eigenvalue weighted by molar-refractivity contribution is 6.34. The van der Waals surface area contributed by atoms with Crippen molar-refractivity contribution in [3.05, 3.63) is 28.8 Å². The molecule has 0 bridgehead atoms. The average Bonchev–Trinajstić information content (AvgIpc) is 2.61. The fourth-order valence-electron chi connectivity index (χ4n) is 2.75. The van der Waals surface area contributed by atoms with E-state index in [2.05, 4.69) is 12.2 Å². The van der Waals surface area contributed by atoms with E-state index in [0.29, 0.717) is 36.0 Å². The van der Waals surface area contributed by atoms with Crippen LogP contribution in [0.2, 0.25) is 5.02 Å². The van der Waals surface area contributed by atoms with Gasteiger partial charge in [-0.25, -0.2) is 4.79 Å². The fourth-order valence-corrected chi connectivity index (χ4v) is 2.95. The smallest absolute Gasteiger partial charge is 0.321 e. The van der Waals surface area contributed by atoms with E-state index >= 15 is 0 Å². The largest absolute Gasteiger partial charge is 0.376 e. The quantitative estimate of drug-likeness (QED) is 0.866. The standard InChI is InChI=1S/C18H26ClN3O3/c1-4-10-25-14-6-5-9-22(12-14)18(24)20-13-7-8-16(19)15(11-13)17(23)21(2)3/h7-8,11,14H,4-6,9-10,12H2,1-3H3,(H,20,24)/t14-/m1/s1. The molecule has 1 saturated heterocycles. The number of ether oxygens (including phenoxy) is 1. The molecule has 0 unspecified atom stereocenters. The van der Waals surface area contributed by atoms with E-state index in [9.17, 15) is 9.59 Å². The molecule has 25 heavy (non-hydrogen) atoms. The van der Waals surface area contributed by atoms with E-state index in [0.717, 1.165) is 19.3 Å². The zero-order valence-corrected chi connectivity index (χ0v) is 15.8. The van der Waals surface area contributed by atoms with E-state index in [1.54, 1.807) is 37.2 Å². The van der Waals surface area contributed by atoms with Crippen LogP contribution in [0.5, 0.6) is 0 Å². The van der Waals surface area contributed by atoms with Gasteiger partial charge in [0.1, 0.15) is 0 Å². The summed E-state index contributed by atoms with van der Waals surface area (Å²) in [4.78, 5) is 27.9. The molecule has 1 heterocycles. The first kappa shape index (κ1) is 19.5. The van der Waals surface area contributed by atoms with Crippen LogP contribution in [0, 0.1) is 0 Å². The molecule has 1 aliphatic rings. The van der Waals surface area contributed by atoms with Crippen LogP contribution >= 0.6 is 11.6 Å². The fraction of sp³-hybridized carbons (Fsp3) is 0.556. The maximum Gasteiger partial charge on any atom is 0.321 e. The monoisotopic (exact) mass is 367 g/mol. The summed E-state index contributed by atoms with van der Waals surface area (Å²) >= 11 is 6.10. The molecule has 6 nitrogen and oxygen atoms in total. The van der Waals surface area contributed by atoms with Crippen LogP contribution in [-0.4, -0.2) is 61.6 Å². The third-order valence-corrected chi connectivity index (χ3v) is 4.41. The third kappa shape index (κ3) is 5.34. The predicted octanol–water partition coefficient (Wildman–Crippen LogP) is 3.46. The van der Waals surface area contributed by atoms with Gasteiger partial charge in [0, 0.05) is 39.5 Å². The van der Waals surface area contributed by atoms with E-state index in [-0.39, 0.29) is 18.0 Å². The van der Waals surface area contributed by atoms with Crippen molar-refractivity contribution in [2.75, 3.05) is 39.1 Å². The van der Waals surface area contributed by atoms with Crippen molar-refractivity contribution in [1.82, 2.24) is 9.80 Å². The van der Waals surface area contributed by atoms with E-state index < -0.39 is 0 Å². The first-order valence-corrected chi connectivity index (χ1v) is 8.99. The van der Waals surface area contributed by atoms with Gasteiger partial charge in [0.25, 0.3) is 5.91 Å². The Balaban J connectivity index is 2.02. The Morgan fingerprint density at radius 3 is 2.84 bits per heavy atom. The van der Waals surface area contributed by atoms with E-state index in [4.69, 9.17) is 16.3 Å². The van der Waals surface area contributed by atoms with Crippen molar-refractivity contribution in [3.8, 4) is 0 Å². The number of halogens is 1. The zero-order valence-electron chi connectivity index (χ0n) is 15.0. The lowest BCUT2D eigenvalue weighted by Crippen LogP contribution is -2.45. The summed E-state index contributed by atoms with van der Waals surface area (Å²) in [6, 6.07) is 4.74. The maximum atomic E-state index is 12.5. The summed E-state index contributed by atoms with van der Waals surface area (Å²) in [5.74, 6) is -0.202. The number of nitrogens with zero attached hydrogens (tertiary/aromatic N) is 2. The number of carbonyl (C=O) groups excluding carboxylic acids is 2. The summed E-state index contributed by atoms with van der Waals surface area (Å²) < 4.78 is 5.77. The van der Waals surface area contributed by atoms with Gasteiger partial charge in [-0.3, -0.25) is 4.79 Å². The lowest BCUT2D eigenvalue weighted by Gasteiger charge is -2.32. The average molecular weight is 368 g/mol. The van der Waals surface area contributed by atoms with Gasteiger partial charge in [0.15, 0.2) is 0 Å². The minimum Gasteiger partial charge on any atom is -0.376 e. The number of amides is 3. The lowest BCUT2D eigenvalue weighted by atomic mass is 10.1. The van der Waals surface area contributed by atoms with Crippen LogP contribution < -0.4 is 5.32 Å². The van der Waals surface area contributed by atoms with Crippen molar-refractivity contribution in [1.29, 1.82) is 0 Å². The minimum absolute atomic E-state index is 0.0931. The zero-order chi connectivity index (χ0) is 18.4. The highest BCUT2D eigenvalue weighted by Gasteiger charge is 2.24. The Bertz CT molecular complexity index is 622. The second kappa shape index (κ2) is 9.06. The molecule has 1 aromatic rings. The molecule has 1 N–H and O–H groups in total. The third-order valence-electron chi connectivity index (χ3n) is 4.08. The Hall–Kier alpha value is -1.79. The number of rotatable bonds is 5. The molecule has 1 atom stereocenters. The van der Waals surface area contributed by atoms with Gasteiger partial charge in [0.05, 0.1) is 16.7 Å². The molecule has 0 radical (unpaired) electrons. The number of urea groups is 1. The molecular weight excluding hydrogens is 342 g/mol. The molecule has 3 amide bonds. The van der Waals surface area contributed by atoms with Gasteiger partial charge in [-0.15, -0.1) is 0 Å². The number of anilines is 1. The summed E-state index contributed by atoms with van der Waals surface area (Å²) in [5.41, 5.74) is 0.920. The predicted molar refractivity (Wildman–Crippen MR) is 99.3 cm³/mol. The van der Waals surface area contributed by atoms with Crippen molar-refractivity contribution in [2.24, 2.45) is 0 Å². The highest BCUT2D eigenvalue weighted by Crippen LogP contribution is 2.22. The summed E-state index contributed by atoms with van der Waals surface area (Å²) in [5, 5.41) is 3.22. The van der Waals surface area contributed by atoms with Crippen LogP contribution in [0.15, 0.2) is 18.2 Å². The second-order valence-corrected chi connectivity index (χ2v) is 6.81. The van der Waals surface area contributed by atoms with Crippen LogP contribution in [0.4, 0.5) is 10.5 Å². The topological polar surface area (TPSA) is 61.9 Å². The lowest BCUT2D eigenvalue weighted by molar-refractivity contribution is 0.0115. The van der Waals surface area contributed by atoms with Crippen LogP contribution in [0.25, 0.3) is 0 Å². The van der Waals surface area contributed by atoms with Gasteiger partial charge < -0.3 is 19.9 Å². The normalized spacial score (nSPS) is 17.3. The summed E-state index contributed by atoms with van der Waals surface area (Å²) in [6.07, 6.45) is 2.96. The van der Waals surface area contributed by atoms with Crippen molar-refractivity contribution in [3.63, 3.8) is 0 Å². The number of nitrogens with one attached hydrogen (secondary N) is 1. The molecule has 0 aromatic heterocycles.